The Hall–Kier alpha value is 0.330. The molecule has 2 unspecified atom stereocenters. The van der Waals surface area contributed by atoms with Gasteiger partial charge in [0.05, 0.1) is 4.91 Å². The largest absolute Gasteiger partial charge is 1.00 e. The average Bonchev–Trinajstić information content (AvgIpc) is 2.77. The van der Waals surface area contributed by atoms with Crippen LogP contribution in [0.5, 0.6) is 0 Å². The number of allylic oxidation sites excluding steroid dienone is 5. The van der Waals surface area contributed by atoms with E-state index < -0.39 is 27.9 Å². The molecule has 1 aromatic rings. The summed E-state index contributed by atoms with van der Waals surface area (Å²) >= 11 is -4.94. The number of Topliss-reactive ketones (excluding diaryl/α,β-unsaturated/α-hetero) is 1. The van der Waals surface area contributed by atoms with Crippen molar-refractivity contribution < 1.29 is 81.4 Å². The van der Waals surface area contributed by atoms with Crippen LogP contribution < -0.4 is 59.1 Å². The first kappa shape index (κ1) is 20.4. The molecular formula is C13H6Na2O5S2. The molecule has 2 aliphatic carbocycles. The minimum Gasteiger partial charge on any atom is -0.768 e. The molecule has 0 saturated heterocycles. The summed E-state index contributed by atoms with van der Waals surface area (Å²) in [6, 6.07) is 4.50. The molecule has 0 radical (unpaired) electrons. The SMILES string of the molecule is O=C1C2=Cc3cc(S(=O)[O-])ccc3C2=CC=C1S(=O)[O-].[Na+].[Na+]. The first-order valence-electron chi connectivity index (χ1n) is 5.51. The summed E-state index contributed by atoms with van der Waals surface area (Å²) in [6.45, 7) is 0. The number of ketones is 1. The second-order valence-electron chi connectivity index (χ2n) is 4.22. The van der Waals surface area contributed by atoms with E-state index in [2.05, 4.69) is 0 Å². The van der Waals surface area contributed by atoms with E-state index in [0.717, 1.165) is 5.56 Å². The van der Waals surface area contributed by atoms with Crippen molar-refractivity contribution in [3.8, 4) is 0 Å². The zero-order chi connectivity index (χ0) is 14.4. The summed E-state index contributed by atoms with van der Waals surface area (Å²) in [4.78, 5) is 11.9. The van der Waals surface area contributed by atoms with Crippen LogP contribution >= 0.6 is 0 Å². The van der Waals surface area contributed by atoms with Gasteiger partial charge in [-0.25, -0.2) is 0 Å². The number of carbonyl (C=O) groups excluding carboxylic acids is 1. The van der Waals surface area contributed by atoms with Gasteiger partial charge in [0, 0.05) is 10.5 Å². The maximum Gasteiger partial charge on any atom is 1.00 e. The summed E-state index contributed by atoms with van der Waals surface area (Å²) in [5.41, 5.74) is 2.19. The second kappa shape index (κ2) is 7.94. The standard InChI is InChI=1S/C13H8O5S2.2Na/c14-13-11-6-7-5-8(19(15)16)1-2-9(7)10(11)3-4-12(13)20(17)18;;/h1-6H,(H,15,16)(H,17,18);;/q;2*+1/p-2. The molecule has 1 aromatic carbocycles. The van der Waals surface area contributed by atoms with Crippen LogP contribution in [0.25, 0.3) is 11.6 Å². The second-order valence-corrected chi connectivity index (χ2v) is 6.07. The number of hydrogen-bond acceptors (Lipinski definition) is 5. The number of rotatable bonds is 2. The molecule has 0 heterocycles. The summed E-state index contributed by atoms with van der Waals surface area (Å²) in [5, 5.41) is 0. The summed E-state index contributed by atoms with van der Waals surface area (Å²) in [5.74, 6) is -0.572. The Bertz CT molecular complexity index is 796. The van der Waals surface area contributed by atoms with Gasteiger partial charge >= 0.3 is 59.1 Å². The molecule has 0 amide bonds. The van der Waals surface area contributed by atoms with Crippen LogP contribution in [0.15, 0.2) is 45.7 Å². The molecule has 0 N–H and O–H groups in total. The molecule has 0 saturated carbocycles. The molecule has 0 aromatic heterocycles. The Morgan fingerprint density at radius 2 is 1.59 bits per heavy atom. The van der Waals surface area contributed by atoms with Crippen LogP contribution in [0.1, 0.15) is 11.1 Å². The van der Waals surface area contributed by atoms with Crippen molar-refractivity contribution in [1.82, 2.24) is 0 Å². The van der Waals surface area contributed by atoms with E-state index in [0.29, 0.717) is 11.1 Å². The van der Waals surface area contributed by atoms with Crippen LogP contribution in [0.3, 0.4) is 0 Å². The third-order valence-electron chi connectivity index (χ3n) is 3.15. The van der Waals surface area contributed by atoms with Gasteiger partial charge in [-0.15, -0.1) is 0 Å². The van der Waals surface area contributed by atoms with E-state index in [4.69, 9.17) is 0 Å². The Labute approximate surface area is 176 Å². The first-order valence-corrected chi connectivity index (χ1v) is 7.65. The fourth-order valence-corrected chi connectivity index (χ4v) is 3.10. The minimum absolute atomic E-state index is 0. The fraction of sp³-hybridized carbons (Fsp3) is 0. The molecule has 3 rings (SSSR count). The maximum absolute atomic E-state index is 12.0. The quantitative estimate of drug-likeness (QED) is 0.392. The third-order valence-corrected chi connectivity index (χ3v) is 4.46. The summed E-state index contributed by atoms with van der Waals surface area (Å²) in [7, 11) is 0. The smallest absolute Gasteiger partial charge is 0.768 e. The Kier molecular flexibility index (Phi) is 7.35. The Morgan fingerprint density at radius 3 is 2.18 bits per heavy atom. The fourth-order valence-electron chi connectivity index (χ4n) is 2.25. The Morgan fingerprint density at radius 1 is 0.909 bits per heavy atom. The monoisotopic (exact) mass is 352 g/mol. The van der Waals surface area contributed by atoms with Crippen molar-refractivity contribution >= 4 is 39.6 Å². The average molecular weight is 352 g/mol. The van der Waals surface area contributed by atoms with Gasteiger partial charge in [0.15, 0.2) is 0 Å². The van der Waals surface area contributed by atoms with Crippen molar-refractivity contribution in [2.45, 2.75) is 4.90 Å². The van der Waals surface area contributed by atoms with E-state index in [1.54, 1.807) is 12.1 Å². The predicted octanol–water partition coefficient (Wildman–Crippen LogP) is -4.94. The van der Waals surface area contributed by atoms with E-state index in [9.17, 15) is 22.3 Å². The van der Waals surface area contributed by atoms with Gasteiger partial charge in [0.1, 0.15) is 0 Å². The van der Waals surface area contributed by atoms with Crippen molar-refractivity contribution in [3.63, 3.8) is 0 Å². The molecule has 9 heteroatoms. The normalized spacial score (nSPS) is 17.7. The molecule has 2 atom stereocenters. The number of benzene rings is 1. The zero-order valence-corrected chi connectivity index (χ0v) is 17.5. The molecule has 102 valence electrons. The first-order chi connectivity index (χ1) is 9.49. The van der Waals surface area contributed by atoms with Crippen LogP contribution in [0.2, 0.25) is 0 Å². The van der Waals surface area contributed by atoms with Crippen LogP contribution in [0.4, 0.5) is 0 Å². The van der Waals surface area contributed by atoms with Crippen LogP contribution in [0, 0.1) is 0 Å². The molecule has 0 aliphatic heterocycles. The van der Waals surface area contributed by atoms with Crippen molar-refractivity contribution in [2.75, 3.05) is 0 Å². The van der Waals surface area contributed by atoms with E-state index >= 15 is 0 Å². The molecule has 0 spiro atoms. The summed E-state index contributed by atoms with van der Waals surface area (Å²) < 4.78 is 43.7. The topological polar surface area (TPSA) is 97.3 Å². The van der Waals surface area contributed by atoms with Gasteiger partial charge in [-0.05, 0) is 63.1 Å². The van der Waals surface area contributed by atoms with Crippen LogP contribution in [-0.4, -0.2) is 23.3 Å². The van der Waals surface area contributed by atoms with E-state index in [1.165, 1.54) is 24.3 Å². The van der Waals surface area contributed by atoms with Gasteiger partial charge in [0.25, 0.3) is 0 Å². The van der Waals surface area contributed by atoms with Gasteiger partial charge in [-0.1, -0.05) is 12.1 Å². The van der Waals surface area contributed by atoms with Crippen molar-refractivity contribution in [1.29, 1.82) is 0 Å². The van der Waals surface area contributed by atoms with Gasteiger partial charge in [0.2, 0.25) is 5.78 Å². The van der Waals surface area contributed by atoms with Gasteiger partial charge in [-0.3, -0.25) is 13.2 Å². The number of carbonyl (C=O) groups is 1. The molecular weight excluding hydrogens is 346 g/mol. The minimum atomic E-state index is -2.59. The van der Waals surface area contributed by atoms with Gasteiger partial charge < -0.3 is 9.11 Å². The zero-order valence-electron chi connectivity index (χ0n) is 11.8. The third kappa shape index (κ3) is 3.54. The Balaban J connectivity index is 0.00000121. The molecule has 0 bridgehead atoms. The predicted molar refractivity (Wildman–Crippen MR) is 71.6 cm³/mol. The van der Waals surface area contributed by atoms with E-state index in [1.807, 2.05) is 0 Å². The molecule has 5 nitrogen and oxygen atoms in total. The molecule has 22 heavy (non-hydrogen) atoms. The van der Waals surface area contributed by atoms with Gasteiger partial charge in [-0.2, -0.15) is 0 Å². The molecule has 2 aliphatic rings. The van der Waals surface area contributed by atoms with E-state index in [-0.39, 0.29) is 74.5 Å². The van der Waals surface area contributed by atoms with Crippen molar-refractivity contribution in [2.24, 2.45) is 0 Å². The summed E-state index contributed by atoms with van der Waals surface area (Å²) in [6.07, 6.45) is 4.32. The van der Waals surface area contributed by atoms with Crippen molar-refractivity contribution in [3.05, 3.63) is 52.0 Å². The maximum atomic E-state index is 12.0. The molecule has 0 fully saturated rings. The number of hydrogen-bond donors (Lipinski definition) is 0. The van der Waals surface area contributed by atoms with Crippen LogP contribution in [-0.2, 0) is 27.0 Å². The number of fused-ring (bicyclic) bond motifs is 3.